The van der Waals surface area contributed by atoms with E-state index in [0.29, 0.717) is 18.8 Å². The number of methoxy groups -OCH3 is 1. The van der Waals surface area contributed by atoms with Gasteiger partial charge in [0.25, 0.3) is 0 Å². The number of ether oxygens (including phenoxy) is 1. The third-order valence-corrected chi connectivity index (χ3v) is 6.85. The highest BCUT2D eigenvalue weighted by Gasteiger charge is 2.32. The predicted octanol–water partition coefficient (Wildman–Crippen LogP) is 3.11. The molecule has 1 fully saturated rings. The third kappa shape index (κ3) is 4.72. The van der Waals surface area contributed by atoms with Crippen molar-refractivity contribution >= 4 is 22.8 Å². The van der Waals surface area contributed by atoms with Crippen molar-refractivity contribution in [1.29, 1.82) is 0 Å². The summed E-state index contributed by atoms with van der Waals surface area (Å²) in [6.07, 6.45) is 1.15. The Kier molecular flexibility index (Phi) is 6.94. The minimum Gasteiger partial charge on any atom is -0.379 e. The van der Waals surface area contributed by atoms with Gasteiger partial charge in [-0.3, -0.25) is 4.68 Å². The smallest absolute Gasteiger partial charge is 0.169 e. The highest BCUT2D eigenvalue weighted by atomic mass is 32.1. The number of anilines is 2. The average molecular weight is 479 g/mol. The first kappa shape index (κ1) is 23.6. The molecule has 3 heterocycles. The molecule has 11 heteroatoms. The Hall–Kier alpha value is -2.60. The molecular formula is C22H28F2N6O2S. The van der Waals surface area contributed by atoms with Crippen molar-refractivity contribution in [1.82, 2.24) is 14.8 Å². The Bertz CT molecular complexity index is 1090. The quantitative estimate of drug-likeness (QED) is 0.468. The fraction of sp³-hybridized carbons (Fsp3) is 0.455. The molecule has 8 nitrogen and oxygen atoms in total. The molecule has 2 aromatic heterocycles. The molecule has 0 radical (unpaired) electrons. The minimum absolute atomic E-state index is 0.0440. The molecule has 0 amide bonds. The maximum absolute atomic E-state index is 14.1. The van der Waals surface area contributed by atoms with Crippen LogP contribution in [0.4, 0.5) is 20.3 Å². The standard InChI is InChI=1S/C22H28F2N6O2S/c1-12-10-30(8-7-15(25)19(12)32-3)22-16(9-26-29(22)2)27-20(31)17-11-33-21(28-17)18-13(23)5-4-6-14(18)24/h4-6,9,11-12,15,19-20,27,31H,7-8,10,25H2,1-3H3/t12-,15-,19+,20?/m1/s1. The molecule has 0 aliphatic carbocycles. The van der Waals surface area contributed by atoms with Crippen molar-refractivity contribution in [2.75, 3.05) is 30.4 Å². The van der Waals surface area contributed by atoms with Crippen molar-refractivity contribution < 1.29 is 18.6 Å². The molecule has 0 saturated carbocycles. The van der Waals surface area contributed by atoms with E-state index >= 15 is 0 Å². The summed E-state index contributed by atoms with van der Waals surface area (Å²) in [5.74, 6) is -0.399. The number of hydrogen-bond donors (Lipinski definition) is 3. The molecule has 178 valence electrons. The van der Waals surface area contributed by atoms with Crippen LogP contribution in [-0.4, -0.2) is 52.2 Å². The van der Waals surface area contributed by atoms with E-state index in [2.05, 4.69) is 27.2 Å². The SMILES string of the molecule is CO[C@H]1[C@H](C)CN(c2c(NC(O)c3csc(-c4c(F)cccc4F)n3)cnn2C)CC[C@H]1N. The monoisotopic (exact) mass is 478 g/mol. The van der Waals surface area contributed by atoms with Crippen LogP contribution in [0.3, 0.4) is 0 Å². The molecule has 3 aromatic rings. The Labute approximate surface area is 195 Å². The summed E-state index contributed by atoms with van der Waals surface area (Å²) in [7, 11) is 3.51. The Morgan fingerprint density at radius 1 is 1.33 bits per heavy atom. The van der Waals surface area contributed by atoms with Crippen LogP contribution < -0.4 is 16.0 Å². The number of aromatic nitrogens is 3. The molecule has 1 aromatic carbocycles. The lowest BCUT2D eigenvalue weighted by Gasteiger charge is -2.28. The summed E-state index contributed by atoms with van der Waals surface area (Å²) in [6, 6.07) is 3.59. The average Bonchev–Trinajstić information content (AvgIpc) is 3.35. The van der Waals surface area contributed by atoms with Crippen molar-refractivity contribution in [2.45, 2.75) is 31.7 Å². The molecule has 1 saturated heterocycles. The first-order valence-electron chi connectivity index (χ1n) is 10.7. The molecule has 0 bridgehead atoms. The minimum atomic E-state index is -1.19. The second kappa shape index (κ2) is 9.72. The lowest BCUT2D eigenvalue weighted by atomic mass is 9.98. The normalized spacial score (nSPS) is 22.3. The van der Waals surface area contributed by atoms with Crippen molar-refractivity contribution in [3.05, 3.63) is 47.1 Å². The van der Waals surface area contributed by atoms with Crippen LogP contribution in [0.5, 0.6) is 0 Å². The van der Waals surface area contributed by atoms with Gasteiger partial charge in [-0.1, -0.05) is 13.0 Å². The predicted molar refractivity (Wildman–Crippen MR) is 124 cm³/mol. The number of thiazole rings is 1. The number of halogens is 2. The van der Waals surface area contributed by atoms with E-state index in [1.807, 2.05) is 7.05 Å². The van der Waals surface area contributed by atoms with Crippen molar-refractivity contribution in [2.24, 2.45) is 18.7 Å². The topological polar surface area (TPSA) is 101 Å². The molecule has 1 aliphatic rings. The van der Waals surface area contributed by atoms with Gasteiger partial charge >= 0.3 is 0 Å². The summed E-state index contributed by atoms with van der Waals surface area (Å²) < 4.78 is 35.6. The number of nitrogens with two attached hydrogens (primary N) is 1. The van der Waals surface area contributed by atoms with Gasteiger partial charge in [-0.25, -0.2) is 13.8 Å². The second-order valence-electron chi connectivity index (χ2n) is 8.30. The second-order valence-corrected chi connectivity index (χ2v) is 9.16. The van der Waals surface area contributed by atoms with Crippen LogP contribution in [0.25, 0.3) is 10.6 Å². The van der Waals surface area contributed by atoms with Crippen LogP contribution >= 0.6 is 11.3 Å². The molecule has 33 heavy (non-hydrogen) atoms. The molecule has 0 spiro atoms. The molecule has 4 rings (SSSR count). The fourth-order valence-corrected chi connectivity index (χ4v) is 5.28. The highest BCUT2D eigenvalue weighted by Crippen LogP contribution is 2.34. The number of nitrogens with zero attached hydrogens (tertiary/aromatic N) is 4. The van der Waals surface area contributed by atoms with Gasteiger partial charge in [-0.15, -0.1) is 11.3 Å². The Morgan fingerprint density at radius 3 is 2.76 bits per heavy atom. The van der Waals surface area contributed by atoms with Gasteiger partial charge in [0.2, 0.25) is 0 Å². The van der Waals surface area contributed by atoms with Crippen LogP contribution in [0.15, 0.2) is 29.8 Å². The van der Waals surface area contributed by atoms with Gasteiger partial charge in [-0.2, -0.15) is 5.10 Å². The van der Waals surface area contributed by atoms with Crippen LogP contribution in [0.1, 0.15) is 25.3 Å². The van der Waals surface area contributed by atoms with Gasteiger partial charge < -0.3 is 25.8 Å². The lowest BCUT2D eigenvalue weighted by molar-refractivity contribution is 0.0447. The number of rotatable bonds is 6. The van der Waals surface area contributed by atoms with Crippen LogP contribution in [0.2, 0.25) is 0 Å². The van der Waals surface area contributed by atoms with E-state index in [4.69, 9.17) is 10.5 Å². The molecule has 4 atom stereocenters. The number of hydrogen-bond acceptors (Lipinski definition) is 8. The van der Waals surface area contributed by atoms with E-state index in [1.54, 1.807) is 23.4 Å². The van der Waals surface area contributed by atoms with Crippen molar-refractivity contribution in [3.8, 4) is 10.6 Å². The van der Waals surface area contributed by atoms with Gasteiger partial charge in [-0.05, 0) is 18.6 Å². The van der Waals surface area contributed by atoms with Gasteiger partial charge in [0.05, 0.1) is 23.6 Å². The van der Waals surface area contributed by atoms with Gasteiger partial charge in [0.1, 0.15) is 28.2 Å². The molecule has 4 N–H and O–H groups in total. The van der Waals surface area contributed by atoms with Gasteiger partial charge in [0.15, 0.2) is 6.23 Å². The number of aliphatic hydroxyl groups excluding tert-OH is 1. The van der Waals surface area contributed by atoms with E-state index in [1.165, 1.54) is 18.2 Å². The molecule has 1 aliphatic heterocycles. The number of aliphatic hydroxyl groups is 1. The zero-order chi connectivity index (χ0) is 23.7. The van der Waals surface area contributed by atoms with E-state index in [0.717, 1.165) is 23.6 Å². The van der Waals surface area contributed by atoms with Crippen LogP contribution in [0, 0.1) is 17.6 Å². The molecule has 1 unspecified atom stereocenters. The van der Waals surface area contributed by atoms with E-state index in [9.17, 15) is 13.9 Å². The Balaban J connectivity index is 1.55. The summed E-state index contributed by atoms with van der Waals surface area (Å²) in [4.78, 5) is 6.43. The summed E-state index contributed by atoms with van der Waals surface area (Å²) in [5, 5.41) is 19.9. The third-order valence-electron chi connectivity index (χ3n) is 5.97. The molecular weight excluding hydrogens is 450 g/mol. The van der Waals surface area contributed by atoms with Crippen molar-refractivity contribution in [3.63, 3.8) is 0 Å². The van der Waals surface area contributed by atoms with E-state index in [-0.39, 0.29) is 34.3 Å². The zero-order valence-corrected chi connectivity index (χ0v) is 19.5. The maximum atomic E-state index is 14.1. The number of benzene rings is 1. The highest BCUT2D eigenvalue weighted by molar-refractivity contribution is 7.13. The van der Waals surface area contributed by atoms with Gasteiger partial charge in [0, 0.05) is 44.6 Å². The summed E-state index contributed by atoms with van der Waals surface area (Å²) in [6.45, 7) is 3.52. The Morgan fingerprint density at radius 2 is 2.06 bits per heavy atom. The maximum Gasteiger partial charge on any atom is 0.169 e. The lowest BCUT2D eigenvalue weighted by Crippen LogP contribution is -2.40. The number of aryl methyl sites for hydroxylation is 1. The largest absolute Gasteiger partial charge is 0.379 e. The van der Waals surface area contributed by atoms with E-state index < -0.39 is 17.9 Å². The number of nitrogens with one attached hydrogen (secondary N) is 1. The summed E-state index contributed by atoms with van der Waals surface area (Å²) in [5.41, 5.74) is 6.99. The summed E-state index contributed by atoms with van der Waals surface area (Å²) >= 11 is 1.06. The fourth-order valence-electron chi connectivity index (χ4n) is 4.39. The zero-order valence-electron chi connectivity index (χ0n) is 18.7. The first-order chi connectivity index (χ1) is 15.8. The first-order valence-corrected chi connectivity index (χ1v) is 11.6. The van der Waals surface area contributed by atoms with Crippen LogP contribution in [-0.2, 0) is 11.8 Å².